The third-order valence-electron chi connectivity index (χ3n) is 3.41. The van der Waals surface area contributed by atoms with Crippen molar-refractivity contribution < 1.29 is 9.18 Å². The van der Waals surface area contributed by atoms with Crippen molar-refractivity contribution in [2.75, 3.05) is 5.32 Å². The molecule has 0 aliphatic rings. The summed E-state index contributed by atoms with van der Waals surface area (Å²) in [5.41, 5.74) is 1.61. The number of hydrogen-bond acceptors (Lipinski definition) is 3. The first-order valence-corrected chi connectivity index (χ1v) is 7.21. The summed E-state index contributed by atoms with van der Waals surface area (Å²) in [4.78, 5) is 12.4. The smallest absolute Gasteiger partial charge is 0.256 e. The van der Waals surface area contributed by atoms with Crippen LogP contribution in [0.2, 0.25) is 0 Å². The van der Waals surface area contributed by atoms with E-state index in [-0.39, 0.29) is 5.69 Å². The van der Waals surface area contributed by atoms with Gasteiger partial charge in [0.15, 0.2) is 0 Å². The molecular weight excluding hydrogens is 307 g/mol. The summed E-state index contributed by atoms with van der Waals surface area (Å²) >= 11 is 0. The predicted octanol–water partition coefficient (Wildman–Crippen LogP) is 3.44. The number of carbonyl (C=O) groups excluding carboxylic acids is 1. The second-order valence-corrected chi connectivity index (χ2v) is 5.18. The maximum Gasteiger partial charge on any atom is 0.256 e. The van der Waals surface area contributed by atoms with Crippen LogP contribution in [-0.4, -0.2) is 15.7 Å². The van der Waals surface area contributed by atoms with E-state index in [1.807, 2.05) is 6.07 Å². The van der Waals surface area contributed by atoms with Gasteiger partial charge in [-0.3, -0.25) is 4.79 Å². The maximum atomic E-state index is 14.0. The highest BCUT2D eigenvalue weighted by Gasteiger charge is 2.14. The zero-order chi connectivity index (χ0) is 17.1. The molecule has 0 atom stereocenters. The molecule has 0 saturated heterocycles. The lowest BCUT2D eigenvalue weighted by atomic mass is 10.1. The topological polar surface area (TPSA) is 70.7 Å². The van der Waals surface area contributed by atoms with Gasteiger partial charge in [-0.2, -0.15) is 10.4 Å². The van der Waals surface area contributed by atoms with Crippen LogP contribution in [0.4, 0.5) is 10.2 Å². The molecule has 3 rings (SSSR count). The number of aryl methyl sites for hydroxylation is 1. The molecule has 1 N–H and O–H groups in total. The van der Waals surface area contributed by atoms with Gasteiger partial charge in [-0.05, 0) is 37.3 Å². The average Bonchev–Trinajstić information content (AvgIpc) is 2.95. The van der Waals surface area contributed by atoms with Crippen molar-refractivity contribution >= 4 is 11.7 Å². The van der Waals surface area contributed by atoms with Crippen LogP contribution in [0.5, 0.6) is 0 Å². The van der Waals surface area contributed by atoms with Gasteiger partial charge >= 0.3 is 0 Å². The van der Waals surface area contributed by atoms with Crippen molar-refractivity contribution in [3.05, 3.63) is 77.2 Å². The van der Waals surface area contributed by atoms with Crippen LogP contribution in [0, 0.1) is 24.1 Å². The molecule has 0 aliphatic heterocycles. The van der Waals surface area contributed by atoms with E-state index in [1.165, 1.54) is 16.8 Å². The number of nitriles is 1. The van der Waals surface area contributed by atoms with Crippen LogP contribution in [0.15, 0.2) is 54.6 Å². The van der Waals surface area contributed by atoms with Crippen LogP contribution in [0.1, 0.15) is 21.6 Å². The molecule has 0 fully saturated rings. The van der Waals surface area contributed by atoms with Gasteiger partial charge in [0.05, 0.1) is 17.3 Å². The van der Waals surface area contributed by atoms with Crippen molar-refractivity contribution in [2.45, 2.75) is 6.92 Å². The van der Waals surface area contributed by atoms with E-state index < -0.39 is 11.7 Å². The second kappa shape index (κ2) is 6.34. The first-order valence-electron chi connectivity index (χ1n) is 7.21. The molecule has 3 aromatic rings. The largest absolute Gasteiger partial charge is 0.306 e. The Hall–Kier alpha value is -3.46. The third-order valence-corrected chi connectivity index (χ3v) is 3.41. The number of halogens is 1. The summed E-state index contributed by atoms with van der Waals surface area (Å²) in [6.07, 6.45) is 0. The van der Waals surface area contributed by atoms with E-state index in [1.54, 1.807) is 49.4 Å². The quantitative estimate of drug-likeness (QED) is 0.803. The van der Waals surface area contributed by atoms with E-state index in [9.17, 15) is 9.18 Å². The molecule has 1 amide bonds. The molecule has 1 aromatic heterocycles. The fourth-order valence-corrected chi connectivity index (χ4v) is 2.31. The first kappa shape index (κ1) is 15.4. The molecule has 0 radical (unpaired) electrons. The zero-order valence-corrected chi connectivity index (χ0v) is 12.8. The van der Waals surface area contributed by atoms with E-state index >= 15 is 0 Å². The fraction of sp³-hybridized carbons (Fsp3) is 0.0556. The van der Waals surface area contributed by atoms with Crippen molar-refractivity contribution in [1.82, 2.24) is 9.78 Å². The number of hydrogen-bond donors (Lipinski definition) is 1. The Balaban J connectivity index is 1.95. The molecule has 118 valence electrons. The van der Waals surface area contributed by atoms with Crippen molar-refractivity contribution in [3.63, 3.8) is 0 Å². The molecule has 0 saturated carbocycles. The van der Waals surface area contributed by atoms with Gasteiger partial charge in [0.25, 0.3) is 5.91 Å². The van der Waals surface area contributed by atoms with E-state index in [0.29, 0.717) is 22.6 Å². The zero-order valence-electron chi connectivity index (χ0n) is 12.8. The molecule has 6 heteroatoms. The second-order valence-electron chi connectivity index (χ2n) is 5.18. The third kappa shape index (κ3) is 3.01. The molecule has 0 spiro atoms. The summed E-state index contributed by atoms with van der Waals surface area (Å²) in [6.45, 7) is 1.75. The van der Waals surface area contributed by atoms with Gasteiger partial charge in [-0.25, -0.2) is 9.07 Å². The number of aromatic nitrogens is 2. The van der Waals surface area contributed by atoms with Gasteiger partial charge < -0.3 is 5.32 Å². The summed E-state index contributed by atoms with van der Waals surface area (Å²) in [5, 5.41) is 15.9. The SMILES string of the molecule is Cc1cc(NC(=O)c2cccc(C#N)c2)n(-c2ccccc2F)n1. The Bertz CT molecular complexity index is 956. The molecule has 0 bridgehead atoms. The minimum atomic E-state index is -0.442. The minimum absolute atomic E-state index is 0.242. The molecular formula is C18H13FN4O. The predicted molar refractivity (Wildman–Crippen MR) is 87.4 cm³/mol. The van der Waals surface area contributed by atoms with Gasteiger partial charge in [-0.1, -0.05) is 18.2 Å². The summed E-state index contributed by atoms with van der Waals surface area (Å²) in [7, 11) is 0. The number of nitrogens with one attached hydrogen (secondary N) is 1. The molecule has 0 unspecified atom stereocenters. The highest BCUT2D eigenvalue weighted by Crippen LogP contribution is 2.20. The number of nitrogens with zero attached hydrogens (tertiary/aromatic N) is 3. The first-order chi connectivity index (χ1) is 11.6. The van der Waals surface area contributed by atoms with Gasteiger partial charge in [-0.15, -0.1) is 0 Å². The molecule has 24 heavy (non-hydrogen) atoms. The number of amides is 1. The number of rotatable bonds is 3. The van der Waals surface area contributed by atoms with E-state index in [4.69, 9.17) is 5.26 Å². The van der Waals surface area contributed by atoms with Crippen molar-refractivity contribution in [3.8, 4) is 11.8 Å². The number of benzene rings is 2. The average molecular weight is 320 g/mol. The van der Waals surface area contributed by atoms with E-state index in [2.05, 4.69) is 10.4 Å². The fourth-order valence-electron chi connectivity index (χ4n) is 2.31. The number of anilines is 1. The Morgan fingerprint density at radius 1 is 1.21 bits per heavy atom. The van der Waals surface area contributed by atoms with Crippen LogP contribution in [0.25, 0.3) is 5.69 Å². The summed E-state index contributed by atoms with van der Waals surface area (Å²) < 4.78 is 15.4. The van der Waals surface area contributed by atoms with Gasteiger partial charge in [0, 0.05) is 11.6 Å². The lowest BCUT2D eigenvalue weighted by molar-refractivity contribution is 0.102. The Morgan fingerprint density at radius 3 is 2.75 bits per heavy atom. The lowest BCUT2D eigenvalue weighted by Gasteiger charge is -2.09. The highest BCUT2D eigenvalue weighted by atomic mass is 19.1. The Kier molecular flexibility index (Phi) is 4.08. The standard InChI is InChI=1S/C18H13FN4O/c1-12-9-17(23(22-12)16-8-3-2-7-15(16)19)21-18(24)14-6-4-5-13(10-14)11-20/h2-10H,1H3,(H,21,24). The lowest BCUT2D eigenvalue weighted by Crippen LogP contribution is -2.15. The monoisotopic (exact) mass is 320 g/mol. The van der Waals surface area contributed by atoms with Crippen molar-refractivity contribution in [1.29, 1.82) is 5.26 Å². The number of carbonyl (C=O) groups is 1. The molecule has 5 nitrogen and oxygen atoms in total. The highest BCUT2D eigenvalue weighted by molar-refractivity contribution is 6.04. The van der Waals surface area contributed by atoms with E-state index in [0.717, 1.165) is 0 Å². The molecule has 1 heterocycles. The molecule has 2 aromatic carbocycles. The maximum absolute atomic E-state index is 14.0. The number of para-hydroxylation sites is 1. The Morgan fingerprint density at radius 2 is 2.00 bits per heavy atom. The van der Waals surface area contributed by atoms with Crippen LogP contribution in [0.3, 0.4) is 0 Å². The van der Waals surface area contributed by atoms with Gasteiger partial charge in [0.2, 0.25) is 0 Å². The summed E-state index contributed by atoms with van der Waals surface area (Å²) in [6, 6.07) is 16.2. The minimum Gasteiger partial charge on any atom is -0.306 e. The van der Waals surface area contributed by atoms with Crippen LogP contribution < -0.4 is 5.32 Å². The van der Waals surface area contributed by atoms with Crippen LogP contribution in [-0.2, 0) is 0 Å². The molecule has 0 aliphatic carbocycles. The van der Waals surface area contributed by atoms with Gasteiger partial charge in [0.1, 0.15) is 17.3 Å². The van der Waals surface area contributed by atoms with Crippen molar-refractivity contribution in [2.24, 2.45) is 0 Å². The summed E-state index contributed by atoms with van der Waals surface area (Å²) in [5.74, 6) is -0.489. The normalized spacial score (nSPS) is 10.2. The van der Waals surface area contributed by atoms with Crippen LogP contribution >= 0.6 is 0 Å². The Labute approximate surface area is 138 Å².